The second-order valence-electron chi connectivity index (χ2n) is 9.01. The van der Waals surface area contributed by atoms with Crippen LogP contribution in [0, 0.1) is 23.2 Å². The predicted molar refractivity (Wildman–Crippen MR) is 130 cm³/mol. The summed E-state index contributed by atoms with van der Waals surface area (Å²) in [6.45, 7) is 2.81. The quantitative estimate of drug-likeness (QED) is 0.570. The lowest BCUT2D eigenvalue weighted by atomic mass is 9.81. The van der Waals surface area contributed by atoms with Gasteiger partial charge in [0.25, 0.3) is 0 Å². The first kappa shape index (κ1) is 22.2. The SMILES string of the molecule is N#Cc1ccc2cccc(NC(=O)[C@H]3CCC[C@@H](CNCc4ccc5c(c4)OCCO5)C3)c2n1. The number of nitriles is 1. The molecule has 0 bridgehead atoms. The van der Waals surface area contributed by atoms with E-state index in [0.717, 1.165) is 61.2 Å². The van der Waals surface area contributed by atoms with E-state index in [-0.39, 0.29) is 11.8 Å². The summed E-state index contributed by atoms with van der Waals surface area (Å²) in [4.78, 5) is 17.5. The van der Waals surface area contributed by atoms with Gasteiger partial charge in [-0.3, -0.25) is 4.79 Å². The van der Waals surface area contributed by atoms with Crippen molar-refractivity contribution in [3.05, 3.63) is 59.8 Å². The average Bonchev–Trinajstić information content (AvgIpc) is 2.88. The van der Waals surface area contributed by atoms with Crippen molar-refractivity contribution in [2.24, 2.45) is 11.8 Å². The molecule has 1 aliphatic carbocycles. The van der Waals surface area contributed by atoms with Crippen LogP contribution in [0.4, 0.5) is 5.69 Å². The summed E-state index contributed by atoms with van der Waals surface area (Å²) in [5.41, 5.74) is 2.83. The third-order valence-corrected chi connectivity index (χ3v) is 6.61. The van der Waals surface area contributed by atoms with Crippen LogP contribution in [0.25, 0.3) is 10.9 Å². The van der Waals surface area contributed by atoms with Crippen molar-refractivity contribution < 1.29 is 14.3 Å². The number of rotatable bonds is 6. The molecule has 1 saturated carbocycles. The third-order valence-electron chi connectivity index (χ3n) is 6.61. The van der Waals surface area contributed by atoms with E-state index < -0.39 is 0 Å². The van der Waals surface area contributed by atoms with E-state index in [1.165, 1.54) is 0 Å². The van der Waals surface area contributed by atoms with Crippen molar-refractivity contribution in [2.75, 3.05) is 25.1 Å². The number of anilines is 1. The molecule has 0 spiro atoms. The van der Waals surface area contributed by atoms with Crippen LogP contribution in [0.2, 0.25) is 0 Å². The van der Waals surface area contributed by atoms with Gasteiger partial charge in [0, 0.05) is 17.8 Å². The van der Waals surface area contributed by atoms with E-state index in [0.29, 0.717) is 36.0 Å². The van der Waals surface area contributed by atoms with Gasteiger partial charge in [-0.2, -0.15) is 5.26 Å². The van der Waals surface area contributed by atoms with Crippen molar-refractivity contribution in [3.63, 3.8) is 0 Å². The van der Waals surface area contributed by atoms with E-state index in [1.807, 2.05) is 36.4 Å². The first-order valence-electron chi connectivity index (χ1n) is 11.9. The molecule has 1 fully saturated rings. The number of nitrogens with one attached hydrogen (secondary N) is 2. The molecule has 1 amide bonds. The zero-order chi connectivity index (χ0) is 23.3. The Balaban J connectivity index is 1.17. The summed E-state index contributed by atoms with van der Waals surface area (Å²) in [6.07, 6.45) is 3.92. The molecular formula is C27H28N4O3. The van der Waals surface area contributed by atoms with Gasteiger partial charge < -0.3 is 20.1 Å². The number of fused-ring (bicyclic) bond motifs is 2. The molecule has 1 aliphatic heterocycles. The highest BCUT2D eigenvalue weighted by Crippen LogP contribution is 2.32. The van der Waals surface area contributed by atoms with E-state index in [9.17, 15) is 10.1 Å². The summed E-state index contributed by atoms with van der Waals surface area (Å²) >= 11 is 0. The Morgan fingerprint density at radius 2 is 1.97 bits per heavy atom. The highest BCUT2D eigenvalue weighted by Gasteiger charge is 2.27. The highest BCUT2D eigenvalue weighted by molar-refractivity contribution is 6.01. The monoisotopic (exact) mass is 456 g/mol. The number of carbonyl (C=O) groups excluding carboxylic acids is 1. The van der Waals surface area contributed by atoms with Crippen LogP contribution < -0.4 is 20.1 Å². The van der Waals surface area contributed by atoms with Crippen LogP contribution >= 0.6 is 0 Å². The smallest absolute Gasteiger partial charge is 0.227 e. The number of ether oxygens (including phenoxy) is 2. The molecule has 3 aromatic rings. The van der Waals surface area contributed by atoms with Crippen LogP contribution in [-0.2, 0) is 11.3 Å². The van der Waals surface area contributed by atoms with Gasteiger partial charge in [-0.1, -0.05) is 24.6 Å². The molecule has 2 heterocycles. The van der Waals surface area contributed by atoms with Crippen LogP contribution in [0.3, 0.4) is 0 Å². The summed E-state index contributed by atoms with van der Waals surface area (Å²) < 4.78 is 11.3. The van der Waals surface area contributed by atoms with Gasteiger partial charge in [0.15, 0.2) is 11.5 Å². The fourth-order valence-corrected chi connectivity index (χ4v) is 4.88. The lowest BCUT2D eigenvalue weighted by Crippen LogP contribution is -2.32. The van der Waals surface area contributed by atoms with Crippen molar-refractivity contribution in [1.29, 1.82) is 5.26 Å². The van der Waals surface area contributed by atoms with E-state index in [4.69, 9.17) is 9.47 Å². The number of nitrogens with zero attached hydrogens (tertiary/aromatic N) is 2. The number of benzene rings is 2. The van der Waals surface area contributed by atoms with Crippen molar-refractivity contribution in [2.45, 2.75) is 32.2 Å². The molecule has 0 unspecified atom stereocenters. The molecule has 174 valence electrons. The highest BCUT2D eigenvalue weighted by atomic mass is 16.6. The van der Waals surface area contributed by atoms with Crippen molar-refractivity contribution in [3.8, 4) is 17.6 Å². The van der Waals surface area contributed by atoms with Gasteiger partial charge in [-0.05, 0) is 67.6 Å². The number of hydrogen-bond donors (Lipinski definition) is 2. The van der Waals surface area contributed by atoms with Gasteiger partial charge in [-0.15, -0.1) is 0 Å². The van der Waals surface area contributed by atoms with Crippen LogP contribution in [0.5, 0.6) is 11.5 Å². The molecule has 2 N–H and O–H groups in total. The first-order valence-corrected chi connectivity index (χ1v) is 11.9. The predicted octanol–water partition coefficient (Wildman–Crippen LogP) is 4.41. The van der Waals surface area contributed by atoms with E-state index in [1.54, 1.807) is 6.07 Å². The van der Waals surface area contributed by atoms with Crippen molar-refractivity contribution >= 4 is 22.5 Å². The zero-order valence-corrected chi connectivity index (χ0v) is 19.0. The van der Waals surface area contributed by atoms with Crippen molar-refractivity contribution in [1.82, 2.24) is 10.3 Å². The molecule has 0 radical (unpaired) electrons. The van der Waals surface area contributed by atoms with Gasteiger partial charge in [0.1, 0.15) is 25.0 Å². The molecule has 7 heteroatoms. The van der Waals surface area contributed by atoms with E-state index >= 15 is 0 Å². The number of pyridine rings is 1. The summed E-state index contributed by atoms with van der Waals surface area (Å²) in [6, 6.07) is 17.4. The Labute approximate surface area is 199 Å². The zero-order valence-electron chi connectivity index (χ0n) is 19.0. The maximum absolute atomic E-state index is 13.1. The molecular weight excluding hydrogens is 428 g/mol. The van der Waals surface area contributed by atoms with Gasteiger partial charge in [-0.25, -0.2) is 4.98 Å². The van der Waals surface area contributed by atoms with Gasteiger partial charge >= 0.3 is 0 Å². The van der Waals surface area contributed by atoms with Crippen LogP contribution in [-0.4, -0.2) is 30.6 Å². The fraction of sp³-hybridized carbons (Fsp3) is 0.370. The Kier molecular flexibility index (Phi) is 6.59. The summed E-state index contributed by atoms with van der Waals surface area (Å²) in [5.74, 6) is 2.08. The topological polar surface area (TPSA) is 96.3 Å². The maximum atomic E-state index is 13.1. The lowest BCUT2D eigenvalue weighted by molar-refractivity contribution is -0.121. The maximum Gasteiger partial charge on any atom is 0.227 e. The van der Waals surface area contributed by atoms with E-state index in [2.05, 4.69) is 27.8 Å². The minimum Gasteiger partial charge on any atom is -0.486 e. The molecule has 1 aromatic heterocycles. The Hall–Kier alpha value is -3.63. The molecule has 2 atom stereocenters. The molecule has 2 aromatic carbocycles. The van der Waals surface area contributed by atoms with Crippen LogP contribution in [0.1, 0.15) is 36.9 Å². The lowest BCUT2D eigenvalue weighted by Gasteiger charge is -2.28. The molecule has 5 rings (SSSR count). The second-order valence-corrected chi connectivity index (χ2v) is 9.01. The summed E-state index contributed by atoms with van der Waals surface area (Å²) in [5, 5.41) is 16.7. The number of para-hydroxylation sites is 1. The normalized spacial score (nSPS) is 19.4. The van der Waals surface area contributed by atoms with Crippen LogP contribution in [0.15, 0.2) is 48.5 Å². The molecule has 2 aliphatic rings. The fourth-order valence-electron chi connectivity index (χ4n) is 4.88. The Bertz CT molecular complexity index is 1240. The van der Waals surface area contributed by atoms with Gasteiger partial charge in [0.05, 0.1) is 11.2 Å². The first-order chi connectivity index (χ1) is 16.7. The minimum absolute atomic E-state index is 0.0238. The molecule has 7 nitrogen and oxygen atoms in total. The number of hydrogen-bond acceptors (Lipinski definition) is 6. The standard InChI is InChI=1S/C27H28N4O3/c28-15-22-9-8-20-4-2-6-23(26(20)30-22)31-27(32)21-5-1-3-18(13-21)16-29-17-19-7-10-24-25(14-19)34-12-11-33-24/h2,4,6-10,14,18,21,29H,1,3,5,11-13,16-17H2,(H,31,32)/t18-,21+/m1/s1. The second kappa shape index (κ2) is 10.1. The Morgan fingerprint density at radius 3 is 2.85 bits per heavy atom. The average molecular weight is 457 g/mol. The summed E-state index contributed by atoms with van der Waals surface area (Å²) in [7, 11) is 0. The number of amides is 1. The van der Waals surface area contributed by atoms with Gasteiger partial charge in [0.2, 0.25) is 5.91 Å². The minimum atomic E-state index is -0.0238. The molecule has 34 heavy (non-hydrogen) atoms. The number of carbonyl (C=O) groups is 1. The largest absolute Gasteiger partial charge is 0.486 e. The third kappa shape index (κ3) is 4.97. The number of aromatic nitrogens is 1. The molecule has 0 saturated heterocycles. The Morgan fingerprint density at radius 1 is 1.09 bits per heavy atom.